The molecule has 0 aromatic heterocycles. The predicted octanol–water partition coefficient (Wildman–Crippen LogP) is 4.16. The van der Waals surface area contributed by atoms with E-state index in [0.29, 0.717) is 18.5 Å². The van der Waals surface area contributed by atoms with Gasteiger partial charge in [0.05, 0.1) is 15.0 Å². The number of allylic oxidation sites excluding steroid dienone is 1. The fraction of sp³-hybridized carbons (Fsp3) is 0.400. The van der Waals surface area contributed by atoms with Gasteiger partial charge in [0.15, 0.2) is 9.84 Å². The lowest BCUT2D eigenvalue weighted by molar-refractivity contribution is -0.119. The van der Waals surface area contributed by atoms with E-state index in [1.54, 1.807) is 49.4 Å². The third-order valence-electron chi connectivity index (χ3n) is 5.97. The van der Waals surface area contributed by atoms with Crippen molar-refractivity contribution in [1.82, 2.24) is 4.31 Å². The molecule has 0 spiro atoms. The summed E-state index contributed by atoms with van der Waals surface area (Å²) in [6, 6.07) is 14.9. The van der Waals surface area contributed by atoms with E-state index in [1.807, 2.05) is 6.92 Å². The van der Waals surface area contributed by atoms with Crippen molar-refractivity contribution in [3.63, 3.8) is 0 Å². The first-order valence-electron chi connectivity index (χ1n) is 11.0. The van der Waals surface area contributed by atoms with Crippen molar-refractivity contribution in [3.05, 3.63) is 72.3 Å². The summed E-state index contributed by atoms with van der Waals surface area (Å²) in [6.45, 7) is 8.10. The van der Waals surface area contributed by atoms with Gasteiger partial charge in [0, 0.05) is 25.9 Å². The third-order valence-corrected chi connectivity index (χ3v) is 9.99. The predicted molar refractivity (Wildman–Crippen MR) is 129 cm³/mol. The molecular formula is C25H31NO5S2. The monoisotopic (exact) mass is 489 g/mol. The number of nitrogens with zero attached hydrogens (tertiary/aromatic N) is 1. The number of hydrogen-bond donors (Lipinski definition) is 0. The van der Waals surface area contributed by atoms with Crippen molar-refractivity contribution in [3.8, 4) is 0 Å². The number of rotatable bonds is 10. The Hall–Kier alpha value is -2.29. The highest BCUT2D eigenvalue weighted by Gasteiger charge is 2.35. The number of sulfone groups is 1. The first-order valence-corrected chi connectivity index (χ1v) is 14.0. The van der Waals surface area contributed by atoms with Gasteiger partial charge in [-0.3, -0.25) is 4.79 Å². The minimum Gasteiger partial charge on any atom is -0.300 e. The van der Waals surface area contributed by atoms with E-state index >= 15 is 0 Å². The first kappa shape index (κ1) is 25.3. The molecule has 2 unspecified atom stereocenters. The Morgan fingerprint density at radius 3 is 2.24 bits per heavy atom. The lowest BCUT2D eigenvalue weighted by Gasteiger charge is -2.19. The fourth-order valence-electron chi connectivity index (χ4n) is 4.18. The number of aryl methyl sites for hydroxylation is 1. The number of carbonyl (C=O) groups is 1. The normalized spacial score (nSPS) is 18.2. The number of carbonyl (C=O) groups excluding carboxylic acids is 1. The van der Waals surface area contributed by atoms with Gasteiger partial charge in [0.25, 0.3) is 0 Å². The van der Waals surface area contributed by atoms with Crippen LogP contribution in [0.5, 0.6) is 0 Å². The molecular weight excluding hydrogens is 458 g/mol. The summed E-state index contributed by atoms with van der Waals surface area (Å²) in [7, 11) is -7.29. The molecule has 1 aliphatic heterocycles. The maximum atomic E-state index is 13.1. The zero-order valence-corrected chi connectivity index (χ0v) is 20.7. The highest BCUT2D eigenvalue weighted by Crippen LogP contribution is 2.29. The van der Waals surface area contributed by atoms with Crippen molar-refractivity contribution >= 4 is 25.6 Å². The van der Waals surface area contributed by atoms with Crippen LogP contribution in [-0.4, -0.2) is 45.3 Å². The quantitative estimate of drug-likeness (QED) is 0.468. The first-order chi connectivity index (χ1) is 15.5. The Balaban J connectivity index is 1.66. The summed E-state index contributed by atoms with van der Waals surface area (Å²) in [5.74, 6) is -0.289. The Bertz CT molecular complexity index is 1200. The lowest BCUT2D eigenvalue weighted by Crippen LogP contribution is -2.29. The topological polar surface area (TPSA) is 88.6 Å². The second kappa shape index (κ2) is 10.3. The van der Waals surface area contributed by atoms with Gasteiger partial charge in [0.1, 0.15) is 5.78 Å². The van der Waals surface area contributed by atoms with Crippen molar-refractivity contribution in [2.75, 3.05) is 13.1 Å². The molecule has 0 bridgehead atoms. The molecule has 8 heteroatoms. The zero-order chi connectivity index (χ0) is 24.2. The van der Waals surface area contributed by atoms with Gasteiger partial charge in [-0.1, -0.05) is 41.5 Å². The minimum absolute atomic E-state index is 0.106. The van der Waals surface area contributed by atoms with Crippen LogP contribution in [-0.2, 0) is 24.7 Å². The number of ketones is 1. The van der Waals surface area contributed by atoms with E-state index in [-0.39, 0.29) is 47.3 Å². The summed E-state index contributed by atoms with van der Waals surface area (Å²) in [4.78, 5) is 13.3. The van der Waals surface area contributed by atoms with Crippen LogP contribution >= 0.6 is 0 Å². The van der Waals surface area contributed by atoms with E-state index in [4.69, 9.17) is 0 Å². The average molecular weight is 490 g/mol. The molecule has 1 aliphatic rings. The van der Waals surface area contributed by atoms with Crippen LogP contribution in [0.3, 0.4) is 0 Å². The maximum absolute atomic E-state index is 13.1. The molecule has 3 rings (SSSR count). The van der Waals surface area contributed by atoms with Crippen LogP contribution in [0.2, 0.25) is 0 Å². The van der Waals surface area contributed by atoms with Crippen LogP contribution in [0.4, 0.5) is 0 Å². The Labute approximate surface area is 197 Å². The van der Waals surface area contributed by atoms with E-state index in [1.165, 1.54) is 16.4 Å². The molecule has 2 aromatic rings. The molecule has 0 aliphatic carbocycles. The highest BCUT2D eigenvalue weighted by atomic mass is 32.2. The Morgan fingerprint density at radius 2 is 1.64 bits per heavy atom. The maximum Gasteiger partial charge on any atom is 0.243 e. The molecule has 6 nitrogen and oxygen atoms in total. The summed E-state index contributed by atoms with van der Waals surface area (Å²) in [6.07, 6.45) is 0.844. The smallest absolute Gasteiger partial charge is 0.243 e. The molecule has 1 heterocycles. The average Bonchev–Trinajstić information content (AvgIpc) is 3.23. The molecule has 2 aromatic carbocycles. The number of Topliss-reactive ketones (excluding diaryl/α,β-unsaturated/α-hetero) is 1. The van der Waals surface area contributed by atoms with Gasteiger partial charge in [-0.2, -0.15) is 4.31 Å². The number of hydrogen-bond acceptors (Lipinski definition) is 5. The van der Waals surface area contributed by atoms with Gasteiger partial charge in [-0.05, 0) is 56.9 Å². The van der Waals surface area contributed by atoms with Gasteiger partial charge >= 0.3 is 0 Å². The molecule has 33 heavy (non-hydrogen) atoms. The summed E-state index contributed by atoms with van der Waals surface area (Å²) in [5.41, 5.74) is 1.68. The van der Waals surface area contributed by atoms with Gasteiger partial charge in [-0.25, -0.2) is 16.8 Å². The zero-order valence-electron chi connectivity index (χ0n) is 19.1. The molecule has 1 fully saturated rings. The van der Waals surface area contributed by atoms with Crippen molar-refractivity contribution in [2.24, 2.45) is 5.92 Å². The number of benzene rings is 2. The third kappa shape index (κ3) is 6.19. The van der Waals surface area contributed by atoms with Crippen LogP contribution in [0.15, 0.2) is 76.5 Å². The molecule has 2 atom stereocenters. The van der Waals surface area contributed by atoms with E-state index < -0.39 is 25.1 Å². The SMILES string of the molecule is C=C(C)CC(CC(=O)CC1CCN(S(=O)(=O)c2ccc(C)cc2)C1)S(=O)(=O)c1ccccc1. The second-order valence-corrected chi connectivity index (χ2v) is 13.1. The van der Waals surface area contributed by atoms with Crippen LogP contribution in [0.1, 0.15) is 38.2 Å². The summed E-state index contributed by atoms with van der Waals surface area (Å²) >= 11 is 0. The van der Waals surface area contributed by atoms with E-state index in [2.05, 4.69) is 6.58 Å². The van der Waals surface area contributed by atoms with Crippen molar-refractivity contribution in [2.45, 2.75) is 54.6 Å². The Kier molecular flexibility index (Phi) is 7.92. The largest absolute Gasteiger partial charge is 0.300 e. The van der Waals surface area contributed by atoms with Crippen molar-refractivity contribution < 1.29 is 21.6 Å². The highest BCUT2D eigenvalue weighted by molar-refractivity contribution is 7.92. The van der Waals surface area contributed by atoms with Crippen LogP contribution in [0.25, 0.3) is 0 Å². The molecule has 0 saturated carbocycles. The lowest BCUT2D eigenvalue weighted by atomic mass is 9.98. The van der Waals surface area contributed by atoms with Gasteiger partial charge in [0.2, 0.25) is 10.0 Å². The molecule has 0 radical (unpaired) electrons. The van der Waals surface area contributed by atoms with Crippen LogP contribution in [0, 0.1) is 12.8 Å². The second-order valence-electron chi connectivity index (χ2n) is 8.92. The van der Waals surface area contributed by atoms with Gasteiger partial charge < -0.3 is 0 Å². The fourth-order valence-corrected chi connectivity index (χ4v) is 7.55. The number of sulfonamides is 1. The summed E-state index contributed by atoms with van der Waals surface area (Å²) < 4.78 is 53.5. The molecule has 1 saturated heterocycles. The van der Waals surface area contributed by atoms with Crippen LogP contribution < -0.4 is 0 Å². The van der Waals surface area contributed by atoms with Crippen molar-refractivity contribution in [1.29, 1.82) is 0 Å². The Morgan fingerprint density at radius 1 is 1.00 bits per heavy atom. The van der Waals surface area contributed by atoms with Gasteiger partial charge in [-0.15, -0.1) is 6.58 Å². The molecule has 178 valence electrons. The van der Waals surface area contributed by atoms with E-state index in [9.17, 15) is 21.6 Å². The summed E-state index contributed by atoms with van der Waals surface area (Å²) in [5, 5.41) is -0.876. The molecule has 0 amide bonds. The minimum atomic E-state index is -3.69. The van der Waals surface area contributed by atoms with E-state index in [0.717, 1.165) is 5.56 Å². The molecule has 0 N–H and O–H groups in total. The standard InChI is InChI=1S/C25H31NO5S2/c1-19(2)15-25(32(28,29)23-7-5-4-6-8-23)17-22(27)16-21-13-14-26(18-21)33(30,31)24-11-9-20(3)10-12-24/h4-12,21,25H,1,13-18H2,2-3H3.